The standard InChI is InChI=1S/C33H68O/c1-3-5-7-9-11-13-15-16-17-18-19-20-21-22-24-26-28-30-32-33(34)31-29-27-25-23-14-12-10-8-6-4-2/h33-34H,3-32H2,1-2H3. The van der Waals surface area contributed by atoms with Crippen molar-refractivity contribution in [3.63, 3.8) is 0 Å². The quantitative estimate of drug-likeness (QED) is 0.101. The van der Waals surface area contributed by atoms with Gasteiger partial charge >= 0.3 is 0 Å². The van der Waals surface area contributed by atoms with Gasteiger partial charge in [-0.1, -0.05) is 194 Å². The van der Waals surface area contributed by atoms with Crippen molar-refractivity contribution >= 4 is 0 Å². The molecule has 1 unspecified atom stereocenters. The normalized spacial score (nSPS) is 12.4. The third-order valence-electron chi connectivity index (χ3n) is 7.78. The molecule has 0 heterocycles. The molecule has 0 aliphatic carbocycles. The number of hydrogen-bond acceptors (Lipinski definition) is 1. The maximum Gasteiger partial charge on any atom is 0.0540 e. The Morgan fingerprint density at radius 2 is 0.471 bits per heavy atom. The SMILES string of the molecule is CCCCCCCCCCCCCCCCCCCCC(O)CCCCCCCCCCCC. The summed E-state index contributed by atoms with van der Waals surface area (Å²) >= 11 is 0. The van der Waals surface area contributed by atoms with Crippen LogP contribution in [0.5, 0.6) is 0 Å². The largest absolute Gasteiger partial charge is 0.393 e. The van der Waals surface area contributed by atoms with Gasteiger partial charge in [-0.2, -0.15) is 0 Å². The van der Waals surface area contributed by atoms with Crippen LogP contribution in [0.3, 0.4) is 0 Å². The molecule has 0 aliphatic rings. The molecule has 0 spiro atoms. The molecule has 0 radical (unpaired) electrons. The first kappa shape index (κ1) is 34.0. The lowest BCUT2D eigenvalue weighted by molar-refractivity contribution is 0.147. The fraction of sp³-hybridized carbons (Fsp3) is 1.00. The Morgan fingerprint density at radius 3 is 0.676 bits per heavy atom. The molecule has 0 aromatic carbocycles. The first-order valence-corrected chi connectivity index (χ1v) is 16.5. The van der Waals surface area contributed by atoms with E-state index in [1.165, 1.54) is 180 Å². The number of hydrogen-bond donors (Lipinski definition) is 1. The third-order valence-corrected chi connectivity index (χ3v) is 7.78. The van der Waals surface area contributed by atoms with Crippen molar-refractivity contribution in [1.82, 2.24) is 0 Å². The average Bonchev–Trinajstić information content (AvgIpc) is 2.84. The Balaban J connectivity index is 3.12. The molecule has 0 saturated heterocycles. The first-order chi connectivity index (χ1) is 16.8. The van der Waals surface area contributed by atoms with Gasteiger partial charge in [0.1, 0.15) is 0 Å². The lowest BCUT2D eigenvalue weighted by Crippen LogP contribution is -2.05. The third kappa shape index (κ3) is 30.0. The molecule has 0 amide bonds. The Kier molecular flexibility index (Phi) is 31.0. The van der Waals surface area contributed by atoms with Crippen LogP contribution in [0.1, 0.15) is 206 Å². The lowest BCUT2D eigenvalue weighted by Gasteiger charge is -2.10. The molecule has 1 heteroatoms. The molecule has 0 fully saturated rings. The van der Waals surface area contributed by atoms with Crippen LogP contribution in [-0.4, -0.2) is 11.2 Å². The number of aliphatic hydroxyl groups excluding tert-OH is 1. The van der Waals surface area contributed by atoms with Crippen molar-refractivity contribution in [3.8, 4) is 0 Å². The van der Waals surface area contributed by atoms with Crippen molar-refractivity contribution in [2.45, 2.75) is 213 Å². The van der Waals surface area contributed by atoms with Crippen molar-refractivity contribution in [2.24, 2.45) is 0 Å². The fourth-order valence-electron chi connectivity index (χ4n) is 5.29. The van der Waals surface area contributed by atoms with Crippen molar-refractivity contribution in [1.29, 1.82) is 0 Å². The first-order valence-electron chi connectivity index (χ1n) is 16.5. The monoisotopic (exact) mass is 481 g/mol. The minimum Gasteiger partial charge on any atom is -0.393 e. The van der Waals surface area contributed by atoms with Gasteiger partial charge in [-0.25, -0.2) is 0 Å². The van der Waals surface area contributed by atoms with Gasteiger partial charge in [-0.05, 0) is 12.8 Å². The van der Waals surface area contributed by atoms with E-state index in [0.717, 1.165) is 12.8 Å². The average molecular weight is 481 g/mol. The molecule has 0 rings (SSSR count). The Hall–Kier alpha value is -0.0400. The van der Waals surface area contributed by atoms with E-state index in [0.29, 0.717) is 0 Å². The topological polar surface area (TPSA) is 20.2 Å². The summed E-state index contributed by atoms with van der Waals surface area (Å²) in [6.07, 6.45) is 41.5. The van der Waals surface area contributed by atoms with Gasteiger partial charge in [0.2, 0.25) is 0 Å². The summed E-state index contributed by atoms with van der Waals surface area (Å²) in [6.45, 7) is 4.59. The second-order valence-electron chi connectivity index (χ2n) is 11.4. The van der Waals surface area contributed by atoms with Crippen LogP contribution in [0.2, 0.25) is 0 Å². The molecule has 206 valence electrons. The lowest BCUT2D eigenvalue weighted by atomic mass is 10.0. The van der Waals surface area contributed by atoms with E-state index in [1.807, 2.05) is 0 Å². The highest BCUT2D eigenvalue weighted by molar-refractivity contribution is 4.58. The Labute approximate surface area is 217 Å². The van der Waals surface area contributed by atoms with E-state index in [4.69, 9.17) is 0 Å². The van der Waals surface area contributed by atoms with E-state index in [-0.39, 0.29) is 6.10 Å². The highest BCUT2D eigenvalue weighted by Crippen LogP contribution is 2.17. The molecule has 0 saturated carbocycles. The van der Waals surface area contributed by atoms with E-state index in [2.05, 4.69) is 13.8 Å². The van der Waals surface area contributed by atoms with Crippen LogP contribution in [-0.2, 0) is 0 Å². The molecular formula is C33H68O. The summed E-state index contributed by atoms with van der Waals surface area (Å²) in [6, 6.07) is 0. The summed E-state index contributed by atoms with van der Waals surface area (Å²) < 4.78 is 0. The highest BCUT2D eigenvalue weighted by Gasteiger charge is 2.04. The zero-order valence-electron chi connectivity index (χ0n) is 24.2. The fourth-order valence-corrected chi connectivity index (χ4v) is 5.29. The minimum atomic E-state index is -0.0323. The smallest absolute Gasteiger partial charge is 0.0540 e. The molecule has 34 heavy (non-hydrogen) atoms. The maximum absolute atomic E-state index is 10.2. The molecular weight excluding hydrogens is 412 g/mol. The van der Waals surface area contributed by atoms with Crippen LogP contribution >= 0.6 is 0 Å². The zero-order valence-corrected chi connectivity index (χ0v) is 24.2. The van der Waals surface area contributed by atoms with Crippen LogP contribution in [0.25, 0.3) is 0 Å². The predicted molar refractivity (Wildman–Crippen MR) is 156 cm³/mol. The zero-order chi connectivity index (χ0) is 24.8. The Morgan fingerprint density at radius 1 is 0.294 bits per heavy atom. The van der Waals surface area contributed by atoms with Crippen molar-refractivity contribution in [2.75, 3.05) is 0 Å². The number of aliphatic hydroxyl groups is 1. The summed E-state index contributed by atoms with van der Waals surface area (Å²) in [5.41, 5.74) is 0. The van der Waals surface area contributed by atoms with Crippen LogP contribution in [0.15, 0.2) is 0 Å². The molecule has 0 bridgehead atoms. The highest BCUT2D eigenvalue weighted by atomic mass is 16.3. The molecule has 1 N–H and O–H groups in total. The number of rotatable bonds is 30. The van der Waals surface area contributed by atoms with E-state index in [9.17, 15) is 5.11 Å². The van der Waals surface area contributed by atoms with Crippen LogP contribution in [0, 0.1) is 0 Å². The molecule has 1 atom stereocenters. The summed E-state index contributed by atoms with van der Waals surface area (Å²) in [4.78, 5) is 0. The van der Waals surface area contributed by atoms with Crippen LogP contribution in [0.4, 0.5) is 0 Å². The molecule has 0 aromatic rings. The van der Waals surface area contributed by atoms with Gasteiger partial charge in [0.25, 0.3) is 0 Å². The summed E-state index contributed by atoms with van der Waals surface area (Å²) in [5.74, 6) is 0. The van der Waals surface area contributed by atoms with Crippen molar-refractivity contribution in [3.05, 3.63) is 0 Å². The molecule has 0 aliphatic heterocycles. The van der Waals surface area contributed by atoms with E-state index in [1.54, 1.807) is 0 Å². The van der Waals surface area contributed by atoms with Gasteiger partial charge in [0.15, 0.2) is 0 Å². The van der Waals surface area contributed by atoms with Crippen LogP contribution < -0.4 is 0 Å². The summed E-state index contributed by atoms with van der Waals surface area (Å²) in [5, 5.41) is 10.2. The van der Waals surface area contributed by atoms with Gasteiger partial charge in [0, 0.05) is 0 Å². The maximum atomic E-state index is 10.2. The van der Waals surface area contributed by atoms with Gasteiger partial charge in [-0.3, -0.25) is 0 Å². The summed E-state index contributed by atoms with van der Waals surface area (Å²) in [7, 11) is 0. The van der Waals surface area contributed by atoms with Crippen molar-refractivity contribution < 1.29 is 5.11 Å². The Bertz CT molecular complexity index is 339. The predicted octanol–water partition coefficient (Wildman–Crippen LogP) is 12.1. The van der Waals surface area contributed by atoms with E-state index >= 15 is 0 Å². The second-order valence-corrected chi connectivity index (χ2v) is 11.4. The van der Waals surface area contributed by atoms with Gasteiger partial charge in [-0.15, -0.1) is 0 Å². The van der Waals surface area contributed by atoms with E-state index < -0.39 is 0 Å². The minimum absolute atomic E-state index is 0.0323. The van der Waals surface area contributed by atoms with Gasteiger partial charge < -0.3 is 5.11 Å². The second kappa shape index (κ2) is 31.0. The van der Waals surface area contributed by atoms with Gasteiger partial charge in [0.05, 0.1) is 6.10 Å². The molecule has 1 nitrogen and oxygen atoms in total. The molecule has 0 aromatic heterocycles. The number of unbranched alkanes of at least 4 members (excludes halogenated alkanes) is 26.